The summed E-state index contributed by atoms with van der Waals surface area (Å²) in [4.78, 5) is 0. The number of likely N-dealkylation sites (N-methyl/N-ethyl adjacent to an activating group) is 1. The lowest BCUT2D eigenvalue weighted by atomic mass is 9.95. The standard InChI is InChI=1S/C10H22N2/c1-3-9-5-6-10(7-9,8-11)12-4-2/h9,12H,3-8,11H2,1-2H3. The van der Waals surface area contributed by atoms with Crippen LogP contribution in [0.3, 0.4) is 0 Å². The molecule has 1 aliphatic rings. The molecule has 1 fully saturated rings. The maximum atomic E-state index is 5.81. The summed E-state index contributed by atoms with van der Waals surface area (Å²) in [6.45, 7) is 6.30. The van der Waals surface area contributed by atoms with Gasteiger partial charge in [0.15, 0.2) is 0 Å². The molecule has 0 bridgehead atoms. The van der Waals surface area contributed by atoms with Gasteiger partial charge in [-0.1, -0.05) is 20.3 Å². The van der Waals surface area contributed by atoms with E-state index < -0.39 is 0 Å². The third-order valence-corrected chi connectivity index (χ3v) is 3.23. The van der Waals surface area contributed by atoms with Crippen molar-refractivity contribution in [1.82, 2.24) is 5.32 Å². The zero-order valence-corrected chi connectivity index (χ0v) is 8.40. The van der Waals surface area contributed by atoms with Crippen molar-refractivity contribution in [2.45, 2.75) is 45.1 Å². The normalized spacial score (nSPS) is 35.8. The molecule has 2 nitrogen and oxygen atoms in total. The van der Waals surface area contributed by atoms with Crippen molar-refractivity contribution in [3.05, 3.63) is 0 Å². The Labute approximate surface area is 75.9 Å². The zero-order chi connectivity index (χ0) is 9.03. The molecule has 3 N–H and O–H groups in total. The van der Waals surface area contributed by atoms with Crippen molar-refractivity contribution in [2.75, 3.05) is 13.1 Å². The van der Waals surface area contributed by atoms with Gasteiger partial charge in [0.25, 0.3) is 0 Å². The lowest BCUT2D eigenvalue weighted by molar-refractivity contribution is 0.333. The first-order valence-electron chi connectivity index (χ1n) is 5.21. The summed E-state index contributed by atoms with van der Waals surface area (Å²) in [7, 11) is 0. The smallest absolute Gasteiger partial charge is 0.0306 e. The van der Waals surface area contributed by atoms with Crippen LogP contribution in [0.2, 0.25) is 0 Å². The SMILES string of the molecule is CCNC1(CN)CCC(CC)C1. The average Bonchev–Trinajstić information content (AvgIpc) is 2.50. The van der Waals surface area contributed by atoms with Crippen molar-refractivity contribution >= 4 is 0 Å². The third kappa shape index (κ3) is 1.99. The van der Waals surface area contributed by atoms with E-state index in [9.17, 15) is 0 Å². The van der Waals surface area contributed by atoms with Gasteiger partial charge in [-0.15, -0.1) is 0 Å². The lowest BCUT2D eigenvalue weighted by Gasteiger charge is -2.28. The molecule has 0 aromatic carbocycles. The summed E-state index contributed by atoms with van der Waals surface area (Å²) in [5.74, 6) is 0.910. The van der Waals surface area contributed by atoms with E-state index in [1.807, 2.05) is 0 Å². The fraction of sp³-hybridized carbons (Fsp3) is 1.00. The molecule has 2 heteroatoms. The highest BCUT2D eigenvalue weighted by Crippen LogP contribution is 2.35. The molecule has 12 heavy (non-hydrogen) atoms. The molecule has 0 amide bonds. The van der Waals surface area contributed by atoms with Gasteiger partial charge in [0.1, 0.15) is 0 Å². The fourth-order valence-electron chi connectivity index (χ4n) is 2.38. The highest BCUT2D eigenvalue weighted by Gasteiger charge is 2.36. The van der Waals surface area contributed by atoms with Gasteiger partial charge in [-0.3, -0.25) is 0 Å². The molecule has 0 spiro atoms. The Balaban J connectivity index is 2.47. The second kappa shape index (κ2) is 4.24. The molecule has 1 rings (SSSR count). The molecule has 0 aromatic rings. The highest BCUT2D eigenvalue weighted by atomic mass is 15.0. The number of hydrogen-bond acceptors (Lipinski definition) is 2. The first-order valence-corrected chi connectivity index (χ1v) is 5.21. The molecule has 0 saturated heterocycles. The van der Waals surface area contributed by atoms with Gasteiger partial charge in [0, 0.05) is 12.1 Å². The summed E-state index contributed by atoms with van der Waals surface area (Å²) in [5, 5.41) is 3.55. The van der Waals surface area contributed by atoms with Crippen LogP contribution in [0, 0.1) is 5.92 Å². The molecule has 1 saturated carbocycles. The third-order valence-electron chi connectivity index (χ3n) is 3.23. The molecule has 2 unspecified atom stereocenters. The van der Waals surface area contributed by atoms with Crippen LogP contribution < -0.4 is 11.1 Å². The summed E-state index contributed by atoms with van der Waals surface area (Å²) in [6, 6.07) is 0. The molecule has 72 valence electrons. The molecule has 0 aliphatic heterocycles. The van der Waals surface area contributed by atoms with E-state index in [-0.39, 0.29) is 5.54 Å². The Morgan fingerprint density at radius 1 is 1.50 bits per heavy atom. The largest absolute Gasteiger partial charge is 0.329 e. The minimum atomic E-state index is 0.287. The van der Waals surface area contributed by atoms with E-state index in [1.54, 1.807) is 0 Å². The molecule has 0 radical (unpaired) electrons. The van der Waals surface area contributed by atoms with Crippen LogP contribution in [0.1, 0.15) is 39.5 Å². The van der Waals surface area contributed by atoms with E-state index in [4.69, 9.17) is 5.73 Å². The van der Waals surface area contributed by atoms with Crippen LogP contribution in [0.25, 0.3) is 0 Å². The van der Waals surface area contributed by atoms with Crippen molar-refractivity contribution < 1.29 is 0 Å². The topological polar surface area (TPSA) is 38.0 Å². The van der Waals surface area contributed by atoms with Gasteiger partial charge in [0.2, 0.25) is 0 Å². The molecule has 0 aromatic heterocycles. The van der Waals surface area contributed by atoms with Crippen LogP contribution in [0.15, 0.2) is 0 Å². The Morgan fingerprint density at radius 2 is 2.25 bits per heavy atom. The molecule has 1 aliphatic carbocycles. The van der Waals surface area contributed by atoms with Crippen molar-refractivity contribution in [2.24, 2.45) is 11.7 Å². The predicted molar refractivity (Wildman–Crippen MR) is 53.1 cm³/mol. The Kier molecular flexibility index (Phi) is 3.53. The predicted octanol–water partition coefficient (Wildman–Crippen LogP) is 1.50. The average molecular weight is 170 g/mol. The maximum absolute atomic E-state index is 5.81. The second-order valence-electron chi connectivity index (χ2n) is 4.03. The second-order valence-corrected chi connectivity index (χ2v) is 4.03. The summed E-state index contributed by atoms with van der Waals surface area (Å²) >= 11 is 0. The van der Waals surface area contributed by atoms with Gasteiger partial charge in [-0.2, -0.15) is 0 Å². The van der Waals surface area contributed by atoms with Crippen molar-refractivity contribution in [3.63, 3.8) is 0 Å². The number of hydrogen-bond donors (Lipinski definition) is 2. The first kappa shape index (κ1) is 10.0. The van der Waals surface area contributed by atoms with Crippen molar-refractivity contribution in [3.8, 4) is 0 Å². The number of rotatable bonds is 4. The van der Waals surface area contributed by atoms with Crippen LogP contribution >= 0.6 is 0 Å². The van der Waals surface area contributed by atoms with E-state index in [0.29, 0.717) is 0 Å². The highest BCUT2D eigenvalue weighted by molar-refractivity contribution is 4.96. The van der Waals surface area contributed by atoms with Gasteiger partial charge in [0.05, 0.1) is 0 Å². The van der Waals surface area contributed by atoms with Crippen LogP contribution in [0.4, 0.5) is 0 Å². The van der Waals surface area contributed by atoms with Crippen molar-refractivity contribution in [1.29, 1.82) is 0 Å². The number of nitrogens with two attached hydrogens (primary N) is 1. The van der Waals surface area contributed by atoms with Gasteiger partial charge in [-0.05, 0) is 31.7 Å². The quantitative estimate of drug-likeness (QED) is 0.671. The first-order chi connectivity index (χ1) is 5.76. The van der Waals surface area contributed by atoms with Crippen LogP contribution in [-0.4, -0.2) is 18.6 Å². The minimum absolute atomic E-state index is 0.287. The van der Waals surface area contributed by atoms with E-state index >= 15 is 0 Å². The van der Waals surface area contributed by atoms with E-state index in [2.05, 4.69) is 19.2 Å². The minimum Gasteiger partial charge on any atom is -0.329 e. The number of nitrogens with one attached hydrogen (secondary N) is 1. The summed E-state index contributed by atoms with van der Waals surface area (Å²) in [5.41, 5.74) is 6.10. The maximum Gasteiger partial charge on any atom is 0.0306 e. The molecule has 2 atom stereocenters. The monoisotopic (exact) mass is 170 g/mol. The molecular formula is C10H22N2. The molecular weight excluding hydrogens is 148 g/mol. The van der Waals surface area contributed by atoms with Gasteiger partial charge < -0.3 is 11.1 Å². The van der Waals surface area contributed by atoms with Gasteiger partial charge >= 0.3 is 0 Å². The zero-order valence-electron chi connectivity index (χ0n) is 8.40. The summed E-state index contributed by atoms with van der Waals surface area (Å²) < 4.78 is 0. The van der Waals surface area contributed by atoms with Crippen LogP contribution in [0.5, 0.6) is 0 Å². The van der Waals surface area contributed by atoms with Gasteiger partial charge in [-0.25, -0.2) is 0 Å². The van der Waals surface area contributed by atoms with Crippen LogP contribution in [-0.2, 0) is 0 Å². The van der Waals surface area contributed by atoms with E-state index in [0.717, 1.165) is 19.0 Å². The molecule has 0 heterocycles. The Hall–Kier alpha value is -0.0800. The fourth-order valence-corrected chi connectivity index (χ4v) is 2.38. The Bertz CT molecular complexity index is 136. The lowest BCUT2D eigenvalue weighted by Crippen LogP contribution is -2.49. The Morgan fingerprint density at radius 3 is 2.67 bits per heavy atom. The van der Waals surface area contributed by atoms with E-state index in [1.165, 1.54) is 25.7 Å². The summed E-state index contributed by atoms with van der Waals surface area (Å²) in [6.07, 6.45) is 5.23.